The first-order chi connectivity index (χ1) is 9.47. The summed E-state index contributed by atoms with van der Waals surface area (Å²) in [5.41, 5.74) is 11.2. The van der Waals surface area contributed by atoms with Crippen LogP contribution in [0.25, 0.3) is 0 Å². The average Bonchev–Trinajstić information content (AvgIpc) is 2.37. The van der Waals surface area contributed by atoms with Gasteiger partial charge in [-0.2, -0.15) is 0 Å². The van der Waals surface area contributed by atoms with Gasteiger partial charge in [0, 0.05) is 17.9 Å². The highest BCUT2D eigenvalue weighted by molar-refractivity contribution is 5.51. The van der Waals surface area contributed by atoms with Gasteiger partial charge in [0.25, 0.3) is 0 Å². The van der Waals surface area contributed by atoms with Crippen LogP contribution in [0.3, 0.4) is 0 Å². The second-order valence-electron chi connectivity index (χ2n) is 6.40. The molecule has 1 aliphatic rings. The monoisotopic (exact) mass is 273 g/mol. The fourth-order valence-electron chi connectivity index (χ4n) is 3.47. The summed E-state index contributed by atoms with van der Waals surface area (Å²) in [6, 6.07) is 8.09. The molecule has 2 nitrogen and oxygen atoms in total. The smallest absolute Gasteiger partial charge is 0.106 e. The SMILES string of the molecule is CCOC(C1=C(C)CCCC1(C)C)c1ccccc1N. The lowest BCUT2D eigenvalue weighted by molar-refractivity contribution is 0.0688. The molecule has 1 aromatic rings. The Labute approximate surface area is 123 Å². The van der Waals surface area contributed by atoms with Crippen LogP contribution in [0.15, 0.2) is 35.4 Å². The Morgan fingerprint density at radius 3 is 2.60 bits per heavy atom. The van der Waals surface area contributed by atoms with Crippen molar-refractivity contribution in [2.75, 3.05) is 12.3 Å². The van der Waals surface area contributed by atoms with Gasteiger partial charge in [0.05, 0.1) is 0 Å². The Kier molecular flexibility index (Phi) is 4.54. The first kappa shape index (κ1) is 15.1. The molecule has 0 fully saturated rings. The van der Waals surface area contributed by atoms with Crippen molar-refractivity contribution < 1.29 is 4.74 Å². The van der Waals surface area contributed by atoms with Crippen LogP contribution in [0, 0.1) is 5.41 Å². The molecule has 2 rings (SSSR count). The van der Waals surface area contributed by atoms with Crippen LogP contribution in [0.4, 0.5) is 5.69 Å². The fourth-order valence-corrected chi connectivity index (χ4v) is 3.47. The molecule has 1 aliphatic carbocycles. The highest BCUT2D eigenvalue weighted by Gasteiger charge is 2.35. The van der Waals surface area contributed by atoms with E-state index in [2.05, 4.69) is 33.8 Å². The second-order valence-corrected chi connectivity index (χ2v) is 6.40. The first-order valence-corrected chi connectivity index (χ1v) is 7.63. The van der Waals surface area contributed by atoms with E-state index in [1.54, 1.807) is 0 Å². The number of nitrogen functional groups attached to an aromatic ring is 1. The number of allylic oxidation sites excluding steroid dienone is 1. The lowest BCUT2D eigenvalue weighted by Gasteiger charge is -2.39. The van der Waals surface area contributed by atoms with Crippen molar-refractivity contribution in [1.29, 1.82) is 0 Å². The largest absolute Gasteiger partial charge is 0.398 e. The van der Waals surface area contributed by atoms with E-state index >= 15 is 0 Å². The molecule has 2 heteroatoms. The van der Waals surface area contributed by atoms with Gasteiger partial charge in [-0.3, -0.25) is 0 Å². The summed E-state index contributed by atoms with van der Waals surface area (Å²) in [6.07, 6.45) is 3.66. The van der Waals surface area contributed by atoms with E-state index in [1.807, 2.05) is 18.2 Å². The number of anilines is 1. The molecule has 2 N–H and O–H groups in total. The van der Waals surface area contributed by atoms with Crippen LogP contribution in [-0.2, 0) is 4.74 Å². The predicted octanol–water partition coefficient (Wildman–Crippen LogP) is 4.87. The highest BCUT2D eigenvalue weighted by atomic mass is 16.5. The number of nitrogens with two attached hydrogens (primary N) is 1. The van der Waals surface area contributed by atoms with Gasteiger partial charge >= 0.3 is 0 Å². The van der Waals surface area contributed by atoms with Gasteiger partial charge in [0.15, 0.2) is 0 Å². The summed E-state index contributed by atoms with van der Waals surface area (Å²) in [5.74, 6) is 0. The van der Waals surface area contributed by atoms with Crippen molar-refractivity contribution in [1.82, 2.24) is 0 Å². The molecule has 0 aromatic heterocycles. The van der Waals surface area contributed by atoms with E-state index in [9.17, 15) is 0 Å². The Balaban J connectivity index is 2.51. The first-order valence-electron chi connectivity index (χ1n) is 7.63. The zero-order chi connectivity index (χ0) is 14.8. The van der Waals surface area contributed by atoms with Crippen LogP contribution in [-0.4, -0.2) is 6.61 Å². The quantitative estimate of drug-likeness (QED) is 0.627. The van der Waals surface area contributed by atoms with Crippen LogP contribution in [0.1, 0.15) is 58.6 Å². The third kappa shape index (κ3) is 2.90. The van der Waals surface area contributed by atoms with Gasteiger partial charge < -0.3 is 10.5 Å². The molecule has 0 radical (unpaired) electrons. The third-order valence-electron chi connectivity index (χ3n) is 4.42. The van der Waals surface area contributed by atoms with Gasteiger partial charge in [-0.15, -0.1) is 0 Å². The molecule has 0 saturated carbocycles. The minimum atomic E-state index is -0.00324. The number of hydrogen-bond donors (Lipinski definition) is 1. The molecule has 1 aromatic carbocycles. The Morgan fingerprint density at radius 2 is 2.00 bits per heavy atom. The minimum absolute atomic E-state index is 0.00324. The van der Waals surface area contributed by atoms with Crippen molar-refractivity contribution in [2.24, 2.45) is 5.41 Å². The number of benzene rings is 1. The molecule has 20 heavy (non-hydrogen) atoms. The summed E-state index contributed by atoms with van der Waals surface area (Å²) in [4.78, 5) is 0. The average molecular weight is 273 g/mol. The van der Waals surface area contributed by atoms with E-state index in [0.29, 0.717) is 6.61 Å². The number of para-hydroxylation sites is 1. The minimum Gasteiger partial charge on any atom is -0.398 e. The zero-order valence-corrected chi connectivity index (χ0v) is 13.2. The van der Waals surface area contributed by atoms with E-state index in [1.165, 1.54) is 30.4 Å². The summed E-state index contributed by atoms with van der Waals surface area (Å²) < 4.78 is 6.12. The highest BCUT2D eigenvalue weighted by Crippen LogP contribution is 2.48. The van der Waals surface area contributed by atoms with Crippen molar-refractivity contribution >= 4 is 5.69 Å². The molecule has 0 heterocycles. The molecular weight excluding hydrogens is 246 g/mol. The van der Waals surface area contributed by atoms with Gasteiger partial charge in [-0.1, -0.05) is 37.6 Å². The van der Waals surface area contributed by atoms with E-state index in [-0.39, 0.29) is 11.5 Å². The Bertz CT molecular complexity index is 502. The summed E-state index contributed by atoms with van der Waals surface area (Å²) in [7, 11) is 0. The van der Waals surface area contributed by atoms with E-state index in [0.717, 1.165) is 11.3 Å². The Hall–Kier alpha value is -1.28. The van der Waals surface area contributed by atoms with Gasteiger partial charge in [-0.25, -0.2) is 0 Å². The van der Waals surface area contributed by atoms with Crippen molar-refractivity contribution in [3.63, 3.8) is 0 Å². The molecule has 0 saturated heterocycles. The van der Waals surface area contributed by atoms with Crippen molar-refractivity contribution in [3.05, 3.63) is 41.0 Å². The van der Waals surface area contributed by atoms with Crippen LogP contribution in [0.2, 0.25) is 0 Å². The zero-order valence-electron chi connectivity index (χ0n) is 13.2. The maximum Gasteiger partial charge on any atom is 0.106 e. The third-order valence-corrected chi connectivity index (χ3v) is 4.42. The molecule has 0 aliphatic heterocycles. The molecule has 1 atom stereocenters. The molecule has 0 amide bonds. The van der Waals surface area contributed by atoms with Crippen LogP contribution in [0.5, 0.6) is 0 Å². The lowest BCUT2D eigenvalue weighted by Crippen LogP contribution is -2.27. The number of ether oxygens (including phenoxy) is 1. The summed E-state index contributed by atoms with van der Waals surface area (Å²) >= 11 is 0. The van der Waals surface area contributed by atoms with Crippen molar-refractivity contribution in [2.45, 2.75) is 53.1 Å². The second kappa shape index (κ2) is 6.01. The molecule has 1 unspecified atom stereocenters. The lowest BCUT2D eigenvalue weighted by atomic mass is 9.69. The van der Waals surface area contributed by atoms with E-state index in [4.69, 9.17) is 10.5 Å². The standard InChI is InChI=1S/C18H27NO/c1-5-20-17(14-10-6-7-11-15(14)19)16-13(2)9-8-12-18(16,3)4/h6-7,10-11,17H,5,8-9,12,19H2,1-4H3. The molecule has 0 bridgehead atoms. The van der Waals surface area contributed by atoms with Crippen LogP contribution >= 0.6 is 0 Å². The fraction of sp³-hybridized carbons (Fsp3) is 0.556. The predicted molar refractivity (Wildman–Crippen MR) is 85.6 cm³/mol. The van der Waals surface area contributed by atoms with E-state index < -0.39 is 0 Å². The van der Waals surface area contributed by atoms with Crippen LogP contribution < -0.4 is 5.73 Å². The van der Waals surface area contributed by atoms with Gasteiger partial charge in [0.2, 0.25) is 0 Å². The summed E-state index contributed by atoms with van der Waals surface area (Å²) in [5, 5.41) is 0. The maximum atomic E-state index is 6.19. The Morgan fingerprint density at radius 1 is 1.30 bits per heavy atom. The number of rotatable bonds is 4. The molecule has 110 valence electrons. The topological polar surface area (TPSA) is 35.2 Å². The molecular formula is C18H27NO. The summed E-state index contributed by atoms with van der Waals surface area (Å²) in [6.45, 7) is 9.66. The maximum absolute atomic E-state index is 6.19. The normalized spacial score (nSPS) is 20.0. The van der Waals surface area contributed by atoms with Crippen molar-refractivity contribution in [3.8, 4) is 0 Å². The van der Waals surface area contributed by atoms with Gasteiger partial charge in [0.1, 0.15) is 6.10 Å². The van der Waals surface area contributed by atoms with Gasteiger partial charge in [-0.05, 0) is 50.2 Å². The molecule has 0 spiro atoms. The number of hydrogen-bond acceptors (Lipinski definition) is 2.